The molecule has 0 spiro atoms. The molecular formula is C35H60N4O10. The normalized spacial score (nSPS) is 25.5. The van der Waals surface area contributed by atoms with E-state index >= 15 is 0 Å². The second-order valence-corrected chi connectivity index (χ2v) is 16.0. The third-order valence-corrected chi connectivity index (χ3v) is 9.04. The van der Waals surface area contributed by atoms with Crippen LogP contribution in [0.15, 0.2) is 12.7 Å². The van der Waals surface area contributed by atoms with E-state index in [0.717, 1.165) is 31.8 Å². The number of hydrogen-bond donors (Lipinski definition) is 5. The van der Waals surface area contributed by atoms with Crippen molar-refractivity contribution in [2.75, 3.05) is 39.5 Å². The van der Waals surface area contributed by atoms with Crippen molar-refractivity contribution in [3.8, 4) is 0 Å². The van der Waals surface area contributed by atoms with Crippen molar-refractivity contribution in [2.45, 2.75) is 118 Å². The van der Waals surface area contributed by atoms with Gasteiger partial charge in [0.2, 0.25) is 0 Å². The van der Waals surface area contributed by atoms with Crippen LogP contribution >= 0.6 is 0 Å². The largest absolute Gasteiger partial charge is 0.465 e. The highest BCUT2D eigenvalue weighted by atomic mass is 16.6. The maximum absolute atomic E-state index is 12.5. The molecule has 280 valence electrons. The fourth-order valence-electron chi connectivity index (χ4n) is 7.92. The van der Waals surface area contributed by atoms with Gasteiger partial charge in [0.1, 0.15) is 0 Å². The minimum absolute atomic E-state index is 0.0620. The molecular weight excluding hydrogens is 636 g/mol. The third kappa shape index (κ3) is 17.0. The summed E-state index contributed by atoms with van der Waals surface area (Å²) in [7, 11) is 0. The Morgan fingerprint density at radius 3 is 1.43 bits per heavy atom. The molecule has 0 aromatic rings. The predicted molar refractivity (Wildman–Crippen MR) is 183 cm³/mol. The lowest BCUT2D eigenvalue weighted by Crippen LogP contribution is -2.50. The molecule has 2 aliphatic carbocycles. The summed E-state index contributed by atoms with van der Waals surface area (Å²) in [6.45, 7) is 17.5. The topological polar surface area (TPSA) is 191 Å². The number of carbonyl (C=O) groups excluding carboxylic acids is 4. The van der Waals surface area contributed by atoms with Crippen molar-refractivity contribution in [3.05, 3.63) is 12.7 Å². The lowest BCUT2D eigenvalue weighted by atomic mass is 9.62. The number of unbranched alkanes of at least 4 members (excludes halogenated alkanes) is 2. The Morgan fingerprint density at radius 1 is 0.633 bits per heavy atom. The standard InChI is InChI=1S/C35H60N4O10/c1-8-27(40)46-13-9-10-15-48-31(45)39-26-18-33(4,5)22-35(7,20-26)24-37-29(43)47-14-11-12-16-49-30(44)38-25-17-32(2,3)21-34(6,19-25)23-36-28(41)42/h8,25-26,36H,1,9-24H2,2-7H3,(H,37,43)(H,38,44)(H,39,45)(H,41,42). The highest BCUT2D eigenvalue weighted by Crippen LogP contribution is 2.46. The maximum atomic E-state index is 12.5. The first-order valence-electron chi connectivity index (χ1n) is 17.4. The third-order valence-electron chi connectivity index (χ3n) is 9.04. The molecule has 2 rings (SSSR count). The summed E-state index contributed by atoms with van der Waals surface area (Å²) >= 11 is 0. The van der Waals surface area contributed by atoms with E-state index in [4.69, 9.17) is 24.1 Å². The minimum atomic E-state index is -1.06. The van der Waals surface area contributed by atoms with Crippen LogP contribution in [0.2, 0.25) is 0 Å². The smallest absolute Gasteiger partial charge is 0.407 e. The molecule has 14 heteroatoms. The van der Waals surface area contributed by atoms with E-state index in [1.165, 1.54) is 0 Å². The van der Waals surface area contributed by atoms with Gasteiger partial charge in [-0.2, -0.15) is 0 Å². The zero-order chi connectivity index (χ0) is 36.7. The number of nitrogens with one attached hydrogen (secondary N) is 4. The highest BCUT2D eigenvalue weighted by Gasteiger charge is 2.43. The van der Waals surface area contributed by atoms with E-state index in [2.05, 4.69) is 62.5 Å². The SMILES string of the molecule is C=CC(=O)OCCCCOC(=O)NC1CC(C)(C)CC(C)(CNC(=O)OCCCCOC(=O)NC2CC(C)(C)CC(C)(CNC(=O)O)C2)C1. The second-order valence-electron chi connectivity index (χ2n) is 16.0. The summed E-state index contributed by atoms with van der Waals surface area (Å²) in [4.78, 5) is 59.4. The van der Waals surface area contributed by atoms with Crippen molar-refractivity contribution < 1.29 is 48.0 Å². The van der Waals surface area contributed by atoms with E-state index in [0.29, 0.717) is 51.6 Å². The Morgan fingerprint density at radius 2 is 1.02 bits per heavy atom. The molecule has 0 heterocycles. The molecule has 0 bridgehead atoms. The number of esters is 1. The predicted octanol–water partition coefficient (Wildman–Crippen LogP) is 5.89. The zero-order valence-electron chi connectivity index (χ0n) is 30.4. The number of alkyl carbamates (subject to hydrolysis) is 3. The van der Waals surface area contributed by atoms with Crippen LogP contribution in [-0.2, 0) is 23.7 Å². The molecule has 0 aromatic carbocycles. The average molecular weight is 697 g/mol. The van der Waals surface area contributed by atoms with E-state index in [1.54, 1.807) is 0 Å². The first-order chi connectivity index (χ1) is 22.8. The van der Waals surface area contributed by atoms with Gasteiger partial charge in [0.05, 0.1) is 26.4 Å². The second kappa shape index (κ2) is 18.9. The molecule has 4 atom stereocenters. The fraction of sp³-hybridized carbons (Fsp3) is 0.800. The van der Waals surface area contributed by atoms with Crippen molar-refractivity contribution in [2.24, 2.45) is 21.7 Å². The van der Waals surface area contributed by atoms with E-state index < -0.39 is 30.3 Å². The molecule has 4 unspecified atom stereocenters. The number of hydrogen-bond acceptors (Lipinski definition) is 9. The molecule has 2 fully saturated rings. The quantitative estimate of drug-likeness (QED) is 0.0530. The Hall–Kier alpha value is -3.71. The Bertz CT molecular complexity index is 1150. The van der Waals surface area contributed by atoms with Crippen LogP contribution in [0.3, 0.4) is 0 Å². The molecule has 0 aromatic heterocycles. The summed E-state index contributed by atoms with van der Waals surface area (Å²) in [5.74, 6) is -0.478. The van der Waals surface area contributed by atoms with Gasteiger partial charge in [-0.25, -0.2) is 24.0 Å². The monoisotopic (exact) mass is 696 g/mol. The fourth-order valence-corrected chi connectivity index (χ4v) is 7.92. The highest BCUT2D eigenvalue weighted by molar-refractivity contribution is 5.81. The number of ether oxygens (including phenoxy) is 4. The van der Waals surface area contributed by atoms with Crippen molar-refractivity contribution in [1.29, 1.82) is 0 Å². The van der Waals surface area contributed by atoms with E-state index in [9.17, 15) is 24.0 Å². The average Bonchev–Trinajstić information content (AvgIpc) is 2.96. The number of amides is 4. The lowest BCUT2D eigenvalue weighted by Gasteiger charge is -2.46. The van der Waals surface area contributed by atoms with Gasteiger partial charge in [-0.1, -0.05) is 48.1 Å². The van der Waals surface area contributed by atoms with Crippen LogP contribution in [0, 0.1) is 21.7 Å². The summed E-state index contributed by atoms with van der Waals surface area (Å²) in [5.41, 5.74) is -0.678. The molecule has 0 saturated heterocycles. The van der Waals surface area contributed by atoms with Crippen LogP contribution in [0.4, 0.5) is 19.2 Å². The zero-order valence-corrected chi connectivity index (χ0v) is 30.4. The van der Waals surface area contributed by atoms with Gasteiger partial charge in [-0.15, -0.1) is 0 Å². The van der Waals surface area contributed by atoms with Gasteiger partial charge in [0, 0.05) is 31.2 Å². The molecule has 2 saturated carbocycles. The molecule has 5 N–H and O–H groups in total. The summed E-state index contributed by atoms with van der Waals surface area (Å²) in [6, 6.07) is -0.244. The van der Waals surface area contributed by atoms with Crippen LogP contribution in [-0.4, -0.2) is 87.0 Å². The van der Waals surface area contributed by atoms with Crippen molar-refractivity contribution >= 4 is 30.3 Å². The van der Waals surface area contributed by atoms with Gasteiger partial charge in [-0.3, -0.25) is 0 Å². The summed E-state index contributed by atoms with van der Waals surface area (Å²) in [6.07, 6.45) is 5.27. The molecule has 49 heavy (non-hydrogen) atoms. The number of rotatable bonds is 17. The summed E-state index contributed by atoms with van der Waals surface area (Å²) in [5, 5.41) is 20.3. The Balaban J connectivity index is 1.64. The molecule has 2 aliphatic rings. The van der Waals surface area contributed by atoms with Gasteiger partial charge >= 0.3 is 30.3 Å². The maximum Gasteiger partial charge on any atom is 0.407 e. The van der Waals surface area contributed by atoms with Crippen LogP contribution in [0.5, 0.6) is 0 Å². The van der Waals surface area contributed by atoms with Crippen molar-refractivity contribution in [3.63, 3.8) is 0 Å². The first-order valence-corrected chi connectivity index (χ1v) is 17.4. The van der Waals surface area contributed by atoms with E-state index in [1.807, 2.05) is 6.92 Å². The van der Waals surface area contributed by atoms with Gasteiger partial charge < -0.3 is 45.3 Å². The molecule has 0 radical (unpaired) electrons. The lowest BCUT2D eigenvalue weighted by molar-refractivity contribution is -0.137. The summed E-state index contributed by atoms with van der Waals surface area (Å²) < 4.78 is 20.9. The first kappa shape index (κ1) is 41.5. The van der Waals surface area contributed by atoms with Crippen LogP contribution < -0.4 is 21.3 Å². The van der Waals surface area contributed by atoms with Gasteiger partial charge in [0.15, 0.2) is 0 Å². The van der Waals surface area contributed by atoms with Gasteiger partial charge in [0.25, 0.3) is 0 Å². The van der Waals surface area contributed by atoms with Gasteiger partial charge in [-0.05, 0) is 85.9 Å². The van der Waals surface area contributed by atoms with Crippen LogP contribution in [0.1, 0.15) is 106 Å². The molecule has 14 nitrogen and oxygen atoms in total. The van der Waals surface area contributed by atoms with Crippen LogP contribution in [0.25, 0.3) is 0 Å². The molecule has 4 amide bonds. The number of carbonyl (C=O) groups is 5. The number of carboxylic acid groups (broad SMARTS) is 1. The molecule has 0 aliphatic heterocycles. The Labute approximate surface area is 291 Å². The minimum Gasteiger partial charge on any atom is -0.465 e. The van der Waals surface area contributed by atoms with Crippen molar-refractivity contribution in [1.82, 2.24) is 21.3 Å². The Kier molecular flexibility index (Phi) is 16.0. The van der Waals surface area contributed by atoms with E-state index in [-0.39, 0.29) is 60.2 Å².